The van der Waals surface area contributed by atoms with Crippen LogP contribution in [0.25, 0.3) is 0 Å². The quantitative estimate of drug-likeness (QED) is 0.892. The van der Waals surface area contributed by atoms with Gasteiger partial charge >= 0.3 is 6.18 Å². The molecule has 1 aliphatic heterocycles. The van der Waals surface area contributed by atoms with Gasteiger partial charge in [-0.15, -0.1) is 0 Å². The molecule has 5 nitrogen and oxygen atoms in total. The van der Waals surface area contributed by atoms with E-state index in [0.717, 1.165) is 19.2 Å². The number of benzene rings is 1. The fourth-order valence-corrected chi connectivity index (χ4v) is 2.41. The van der Waals surface area contributed by atoms with Gasteiger partial charge in [-0.25, -0.2) is 0 Å². The molecule has 0 bridgehead atoms. The van der Waals surface area contributed by atoms with Gasteiger partial charge in [0.25, 0.3) is 5.91 Å². The van der Waals surface area contributed by atoms with Gasteiger partial charge in [0.2, 0.25) is 5.91 Å². The molecule has 1 aromatic rings. The summed E-state index contributed by atoms with van der Waals surface area (Å²) in [7, 11) is 1.14. The van der Waals surface area contributed by atoms with Crippen LogP contribution in [0.3, 0.4) is 0 Å². The normalized spacial score (nSPS) is 18.8. The van der Waals surface area contributed by atoms with E-state index in [4.69, 9.17) is 0 Å². The summed E-state index contributed by atoms with van der Waals surface area (Å²) in [5, 5.41) is 5.35. The zero-order chi connectivity index (χ0) is 17.0. The van der Waals surface area contributed by atoms with Crippen LogP contribution in [0.5, 0.6) is 5.75 Å². The van der Waals surface area contributed by atoms with Crippen molar-refractivity contribution in [1.82, 2.24) is 10.6 Å². The molecule has 0 aromatic heterocycles. The molecular formula is C15H17F3N2O3. The van der Waals surface area contributed by atoms with Crippen LogP contribution < -0.4 is 15.4 Å². The van der Waals surface area contributed by atoms with Gasteiger partial charge < -0.3 is 15.4 Å². The van der Waals surface area contributed by atoms with Crippen molar-refractivity contribution in [3.05, 3.63) is 29.3 Å². The van der Waals surface area contributed by atoms with Crippen molar-refractivity contribution in [3.63, 3.8) is 0 Å². The maximum absolute atomic E-state index is 13.0. The molecule has 0 aliphatic carbocycles. The first-order valence-electron chi connectivity index (χ1n) is 7.14. The average molecular weight is 330 g/mol. The molecule has 2 amide bonds. The van der Waals surface area contributed by atoms with Crippen LogP contribution in [0.1, 0.15) is 35.2 Å². The Bertz CT molecular complexity index is 602. The van der Waals surface area contributed by atoms with Crippen LogP contribution in [0, 0.1) is 0 Å². The molecule has 23 heavy (non-hydrogen) atoms. The summed E-state index contributed by atoms with van der Waals surface area (Å²) in [6, 6.07) is 2.92. The number of methoxy groups -OCH3 is 1. The molecule has 0 spiro atoms. The van der Waals surface area contributed by atoms with E-state index in [1.807, 2.05) is 0 Å². The second-order valence-electron chi connectivity index (χ2n) is 5.26. The standard InChI is InChI=1S/C15H17F3N2O3/c1-23-12-4-2-9(8-11(12)15(16,17)18)14(22)20-10-3-5-13(21)19-7-6-10/h2,4,8,10H,3,5-7H2,1H3,(H,19,21)(H,20,22). The smallest absolute Gasteiger partial charge is 0.419 e. The molecule has 1 aromatic carbocycles. The third-order valence-corrected chi connectivity index (χ3v) is 3.64. The Morgan fingerprint density at radius 1 is 1.35 bits per heavy atom. The lowest BCUT2D eigenvalue weighted by Crippen LogP contribution is -2.35. The van der Waals surface area contributed by atoms with E-state index >= 15 is 0 Å². The minimum atomic E-state index is -4.61. The van der Waals surface area contributed by atoms with E-state index in [1.54, 1.807) is 0 Å². The minimum absolute atomic E-state index is 0.0921. The molecule has 0 radical (unpaired) electrons. The van der Waals surface area contributed by atoms with Gasteiger partial charge in [-0.05, 0) is 31.0 Å². The lowest BCUT2D eigenvalue weighted by molar-refractivity contribution is -0.138. The van der Waals surface area contributed by atoms with Gasteiger partial charge in [-0.1, -0.05) is 0 Å². The van der Waals surface area contributed by atoms with Gasteiger partial charge in [0, 0.05) is 24.6 Å². The van der Waals surface area contributed by atoms with Crippen LogP contribution in [0.15, 0.2) is 18.2 Å². The predicted molar refractivity (Wildman–Crippen MR) is 76.1 cm³/mol. The van der Waals surface area contributed by atoms with E-state index in [-0.39, 0.29) is 29.7 Å². The molecule has 8 heteroatoms. The number of alkyl halides is 3. The van der Waals surface area contributed by atoms with E-state index in [1.165, 1.54) is 6.07 Å². The molecule has 2 rings (SSSR count). The Kier molecular flexibility index (Phi) is 5.12. The molecule has 1 atom stereocenters. The van der Waals surface area contributed by atoms with Crippen LogP contribution in [-0.2, 0) is 11.0 Å². The van der Waals surface area contributed by atoms with Crippen molar-refractivity contribution >= 4 is 11.8 Å². The SMILES string of the molecule is COc1ccc(C(=O)NC2CCNC(=O)CC2)cc1C(F)(F)F. The molecule has 2 N–H and O–H groups in total. The Hall–Kier alpha value is -2.25. The molecule has 1 heterocycles. The first-order chi connectivity index (χ1) is 10.8. The predicted octanol–water partition coefficient (Wildman–Crippen LogP) is 2.11. The number of rotatable bonds is 3. The molecule has 126 valence electrons. The van der Waals surface area contributed by atoms with Crippen molar-refractivity contribution in [3.8, 4) is 5.75 Å². The summed E-state index contributed by atoms with van der Waals surface area (Å²) in [6.45, 7) is 0.431. The Labute approximate surface area is 131 Å². The van der Waals surface area contributed by atoms with Crippen LogP contribution in [0.4, 0.5) is 13.2 Å². The van der Waals surface area contributed by atoms with Gasteiger partial charge in [0.1, 0.15) is 5.75 Å². The highest BCUT2D eigenvalue weighted by atomic mass is 19.4. The molecule has 1 saturated heterocycles. The maximum Gasteiger partial charge on any atom is 0.419 e. The average Bonchev–Trinajstić information content (AvgIpc) is 2.70. The first kappa shape index (κ1) is 17.1. The van der Waals surface area contributed by atoms with Crippen molar-refractivity contribution in [2.24, 2.45) is 0 Å². The zero-order valence-electron chi connectivity index (χ0n) is 12.5. The number of carbonyl (C=O) groups is 2. The molecule has 1 unspecified atom stereocenters. The van der Waals surface area contributed by atoms with Crippen molar-refractivity contribution in [2.45, 2.75) is 31.5 Å². The summed E-state index contributed by atoms with van der Waals surface area (Å²) in [5.41, 5.74) is -1.09. The molecular weight excluding hydrogens is 313 g/mol. The van der Waals surface area contributed by atoms with Crippen molar-refractivity contribution in [2.75, 3.05) is 13.7 Å². The van der Waals surface area contributed by atoms with Gasteiger partial charge in [0.15, 0.2) is 0 Å². The summed E-state index contributed by atoms with van der Waals surface area (Å²) < 4.78 is 43.6. The number of nitrogens with one attached hydrogen (secondary N) is 2. The largest absolute Gasteiger partial charge is 0.496 e. The van der Waals surface area contributed by atoms with Crippen LogP contribution in [-0.4, -0.2) is 31.5 Å². The lowest BCUT2D eigenvalue weighted by Gasteiger charge is -2.17. The highest BCUT2D eigenvalue weighted by molar-refractivity contribution is 5.95. The molecule has 1 aliphatic rings. The fourth-order valence-electron chi connectivity index (χ4n) is 2.41. The van der Waals surface area contributed by atoms with Gasteiger partial charge in [-0.3, -0.25) is 9.59 Å². The summed E-state index contributed by atoms with van der Waals surface area (Å²) in [5.74, 6) is -1.03. The zero-order valence-corrected chi connectivity index (χ0v) is 12.5. The molecule has 0 saturated carbocycles. The van der Waals surface area contributed by atoms with E-state index in [2.05, 4.69) is 15.4 Å². The molecule has 1 fully saturated rings. The number of amides is 2. The van der Waals surface area contributed by atoms with Gasteiger partial charge in [0.05, 0.1) is 12.7 Å². The second kappa shape index (κ2) is 6.89. The van der Waals surface area contributed by atoms with Crippen molar-refractivity contribution < 1.29 is 27.5 Å². The van der Waals surface area contributed by atoms with Crippen LogP contribution >= 0.6 is 0 Å². The van der Waals surface area contributed by atoms with Crippen LogP contribution in [0.2, 0.25) is 0 Å². The number of hydrogen-bond donors (Lipinski definition) is 2. The number of hydrogen-bond acceptors (Lipinski definition) is 3. The second-order valence-corrected chi connectivity index (χ2v) is 5.26. The fraction of sp³-hybridized carbons (Fsp3) is 0.467. The summed E-state index contributed by atoms with van der Waals surface area (Å²) in [4.78, 5) is 23.4. The maximum atomic E-state index is 13.0. The summed E-state index contributed by atoms with van der Waals surface area (Å²) in [6.07, 6.45) is -3.33. The summed E-state index contributed by atoms with van der Waals surface area (Å²) >= 11 is 0. The Balaban J connectivity index is 2.14. The first-order valence-corrected chi connectivity index (χ1v) is 7.14. The Morgan fingerprint density at radius 2 is 2.09 bits per heavy atom. The third kappa shape index (κ3) is 4.37. The van der Waals surface area contributed by atoms with E-state index < -0.39 is 17.6 Å². The van der Waals surface area contributed by atoms with Crippen molar-refractivity contribution in [1.29, 1.82) is 0 Å². The Morgan fingerprint density at radius 3 is 2.74 bits per heavy atom. The van der Waals surface area contributed by atoms with Gasteiger partial charge in [-0.2, -0.15) is 13.2 Å². The topological polar surface area (TPSA) is 67.4 Å². The minimum Gasteiger partial charge on any atom is -0.496 e. The highest BCUT2D eigenvalue weighted by Crippen LogP contribution is 2.36. The monoisotopic (exact) mass is 330 g/mol. The van der Waals surface area contributed by atoms with E-state index in [9.17, 15) is 22.8 Å². The number of carbonyl (C=O) groups excluding carboxylic acids is 2. The number of halogens is 3. The lowest BCUT2D eigenvalue weighted by atomic mass is 10.1. The van der Waals surface area contributed by atoms with E-state index in [0.29, 0.717) is 19.4 Å². The third-order valence-electron chi connectivity index (χ3n) is 3.64. The highest BCUT2D eigenvalue weighted by Gasteiger charge is 2.35. The number of ether oxygens (including phenoxy) is 1.